The van der Waals surface area contributed by atoms with Crippen LogP contribution >= 0.6 is 20.5 Å². The van der Waals surface area contributed by atoms with Crippen LogP contribution in [0.3, 0.4) is 0 Å². The molecule has 0 amide bonds. The highest BCUT2D eigenvalue weighted by molar-refractivity contribution is 8.27. The Morgan fingerprint density at radius 1 is 1.05 bits per heavy atom. The van der Waals surface area contributed by atoms with Crippen LogP contribution in [-0.2, 0) is 13.1 Å². The number of hydrogen-bond donors (Lipinski definition) is 1. The van der Waals surface area contributed by atoms with Gasteiger partial charge in [-0.1, -0.05) is 42.3 Å². The molecule has 1 aliphatic carbocycles. The lowest BCUT2D eigenvalue weighted by atomic mass is 10.0. The zero-order valence-electron chi connectivity index (χ0n) is 24.5. The molecule has 1 N–H and O–H groups in total. The molecule has 1 saturated carbocycles. The number of pyridine rings is 2. The van der Waals surface area contributed by atoms with Gasteiger partial charge in [0.2, 0.25) is 0 Å². The van der Waals surface area contributed by atoms with Gasteiger partial charge >= 0.3 is 0 Å². The molecule has 42 heavy (non-hydrogen) atoms. The molecule has 8 heteroatoms. The fraction of sp³-hybridized carbons (Fsp3) is 0.265. The van der Waals surface area contributed by atoms with Crippen LogP contribution in [0.15, 0.2) is 66.7 Å². The summed E-state index contributed by atoms with van der Waals surface area (Å²) in [4.78, 5) is 21.3. The van der Waals surface area contributed by atoms with E-state index in [1.165, 1.54) is 34.4 Å². The molecular formula is C34H36N6S2. The van der Waals surface area contributed by atoms with Crippen molar-refractivity contribution in [1.29, 1.82) is 0 Å². The van der Waals surface area contributed by atoms with Gasteiger partial charge in [-0.05, 0) is 86.4 Å². The predicted molar refractivity (Wildman–Crippen MR) is 182 cm³/mol. The molecule has 3 aromatic heterocycles. The molecule has 214 valence electrons. The van der Waals surface area contributed by atoms with Gasteiger partial charge in [-0.25, -0.2) is 9.97 Å². The number of benzene rings is 1. The van der Waals surface area contributed by atoms with E-state index >= 15 is 0 Å². The molecule has 1 atom stereocenters. The number of aryl methyl sites for hydroxylation is 1. The molecule has 7 rings (SSSR count). The fourth-order valence-corrected chi connectivity index (χ4v) is 8.31. The topological polar surface area (TPSA) is 57.2 Å². The molecule has 2 aliphatic heterocycles. The number of thiazole rings is 1. The summed E-state index contributed by atoms with van der Waals surface area (Å²) < 4.78 is 0. The third-order valence-corrected chi connectivity index (χ3v) is 11.1. The van der Waals surface area contributed by atoms with Gasteiger partial charge in [0.25, 0.3) is 0 Å². The Morgan fingerprint density at radius 2 is 1.86 bits per heavy atom. The first-order valence-electron chi connectivity index (χ1n) is 14.3. The Hall–Kier alpha value is -3.88. The second-order valence-corrected chi connectivity index (χ2v) is 15.9. The van der Waals surface area contributed by atoms with Gasteiger partial charge in [0, 0.05) is 46.2 Å². The van der Waals surface area contributed by atoms with E-state index in [4.69, 9.17) is 9.97 Å². The van der Waals surface area contributed by atoms with Gasteiger partial charge in [-0.2, -0.15) is 9.21 Å². The number of nitrogens with zero attached hydrogens (tertiary/aromatic N) is 5. The number of hydrogen-bond acceptors (Lipinski definition) is 7. The normalized spacial score (nSPS) is 17.0. The quantitative estimate of drug-likeness (QED) is 0.220. The summed E-state index contributed by atoms with van der Waals surface area (Å²) in [6, 6.07) is 15.1. The molecule has 4 aromatic rings. The highest BCUT2D eigenvalue weighted by Gasteiger charge is 2.37. The van der Waals surface area contributed by atoms with Crippen LogP contribution in [-0.4, -0.2) is 43.9 Å². The standard InChI is InChI=1S/C34H36N6S2/c1-20-33(25-16-26-18-39(21(2)24-13-14-24)23(4)32(26)29(17-25)42(5,6)7)41-34(36-20)38-30-11-8-12-31(37-30)40-19-28-27(22(40)3)10-9-15-35-28/h8-12,15-17,21,24H,3-6,13-14,18-19H2,1-2,7H3,(H,36,37,38). The van der Waals surface area contributed by atoms with Crippen molar-refractivity contribution in [2.24, 2.45) is 5.92 Å². The highest BCUT2D eigenvalue weighted by Crippen LogP contribution is 2.49. The Morgan fingerprint density at radius 3 is 2.60 bits per heavy atom. The van der Waals surface area contributed by atoms with Crippen LogP contribution in [0.25, 0.3) is 21.8 Å². The highest BCUT2D eigenvalue weighted by atomic mass is 32.2. The van der Waals surface area contributed by atoms with Crippen molar-refractivity contribution >= 4 is 60.4 Å². The van der Waals surface area contributed by atoms with Gasteiger partial charge in [0.1, 0.15) is 11.6 Å². The van der Waals surface area contributed by atoms with Crippen LogP contribution in [0, 0.1) is 12.8 Å². The fourth-order valence-electron chi connectivity index (χ4n) is 6.20. The average Bonchev–Trinajstić information content (AvgIpc) is 3.57. The van der Waals surface area contributed by atoms with Crippen molar-refractivity contribution in [2.45, 2.75) is 50.7 Å². The van der Waals surface area contributed by atoms with E-state index in [0.717, 1.165) is 62.5 Å². The minimum atomic E-state index is -1.48. The van der Waals surface area contributed by atoms with E-state index in [2.05, 4.69) is 83.3 Å². The minimum Gasteiger partial charge on any atom is -0.364 e. The van der Waals surface area contributed by atoms with Crippen molar-refractivity contribution in [1.82, 2.24) is 19.9 Å². The van der Waals surface area contributed by atoms with E-state index in [-0.39, 0.29) is 0 Å². The lowest BCUT2D eigenvalue weighted by molar-refractivity contribution is 0.290. The number of nitrogens with one attached hydrogen (secondary N) is 1. The first-order valence-corrected chi connectivity index (χ1v) is 17.5. The molecule has 0 spiro atoms. The zero-order valence-corrected chi connectivity index (χ0v) is 26.1. The second kappa shape index (κ2) is 9.85. The van der Waals surface area contributed by atoms with Gasteiger partial charge in [-0.15, -0.1) is 0 Å². The summed E-state index contributed by atoms with van der Waals surface area (Å²) in [5.74, 6) is 11.4. The Labute approximate surface area is 253 Å². The summed E-state index contributed by atoms with van der Waals surface area (Å²) in [7, 11) is -1.48. The van der Waals surface area contributed by atoms with Crippen LogP contribution in [0.1, 0.15) is 47.8 Å². The molecule has 0 bridgehead atoms. The molecule has 3 aliphatic rings. The van der Waals surface area contributed by atoms with Gasteiger partial charge in [0.15, 0.2) is 5.13 Å². The molecule has 6 nitrogen and oxygen atoms in total. The second-order valence-electron chi connectivity index (χ2n) is 11.9. The third kappa shape index (κ3) is 4.63. The Balaban J connectivity index is 1.18. The summed E-state index contributed by atoms with van der Waals surface area (Å²) in [6.07, 6.45) is 6.63. The number of fused-ring (bicyclic) bond motifs is 2. The zero-order chi connectivity index (χ0) is 29.3. The van der Waals surface area contributed by atoms with E-state index in [1.807, 2.05) is 30.5 Å². The number of rotatable bonds is 7. The molecule has 1 aromatic carbocycles. The van der Waals surface area contributed by atoms with E-state index in [9.17, 15) is 0 Å². The summed E-state index contributed by atoms with van der Waals surface area (Å²) in [5, 5.41) is 4.28. The summed E-state index contributed by atoms with van der Waals surface area (Å²) in [5.41, 5.74) is 8.89. The van der Waals surface area contributed by atoms with Crippen molar-refractivity contribution in [2.75, 3.05) is 16.5 Å². The largest absolute Gasteiger partial charge is 0.364 e. The molecular weight excluding hydrogens is 557 g/mol. The average molecular weight is 593 g/mol. The molecule has 5 heterocycles. The minimum absolute atomic E-state index is 0.504. The van der Waals surface area contributed by atoms with Crippen LogP contribution in [0.4, 0.5) is 16.8 Å². The Bertz CT molecular complexity index is 1880. The lowest BCUT2D eigenvalue weighted by Crippen LogP contribution is -2.28. The van der Waals surface area contributed by atoms with Crippen LogP contribution in [0.5, 0.6) is 0 Å². The lowest BCUT2D eigenvalue weighted by Gasteiger charge is -2.28. The first-order chi connectivity index (χ1) is 20.1. The van der Waals surface area contributed by atoms with Gasteiger partial charge < -0.3 is 15.1 Å². The van der Waals surface area contributed by atoms with Gasteiger partial charge in [-0.3, -0.25) is 4.98 Å². The smallest absolute Gasteiger partial charge is 0.189 e. The van der Waals surface area contributed by atoms with Crippen molar-refractivity contribution in [3.63, 3.8) is 0 Å². The van der Waals surface area contributed by atoms with Crippen LogP contribution in [0.2, 0.25) is 0 Å². The first kappa shape index (κ1) is 27.0. The number of aromatic nitrogens is 3. The molecule has 1 unspecified atom stereocenters. The van der Waals surface area contributed by atoms with Crippen molar-refractivity contribution in [3.8, 4) is 10.4 Å². The maximum Gasteiger partial charge on any atom is 0.189 e. The Kier molecular flexibility index (Phi) is 6.33. The summed E-state index contributed by atoms with van der Waals surface area (Å²) in [6.45, 7) is 14.8. The van der Waals surface area contributed by atoms with E-state index in [0.29, 0.717) is 12.6 Å². The van der Waals surface area contributed by atoms with E-state index < -0.39 is 9.21 Å². The van der Waals surface area contributed by atoms with Gasteiger partial charge in [0.05, 0.1) is 22.8 Å². The SMILES string of the molecule is C=C1c2cccnc2CN1c1cccc(Nc2nc(C)c(-c3cc4c(c(S(=C)(=C)C)c3)C(=C)N(C(C)C3CC3)C4)s2)n1. The maximum atomic E-state index is 4.91. The predicted octanol–water partition coefficient (Wildman–Crippen LogP) is 7.89. The molecule has 0 saturated heterocycles. The molecule has 1 fully saturated rings. The maximum absolute atomic E-state index is 4.91. The van der Waals surface area contributed by atoms with Crippen molar-refractivity contribution < 1.29 is 0 Å². The third-order valence-electron chi connectivity index (χ3n) is 8.63. The monoisotopic (exact) mass is 592 g/mol. The van der Waals surface area contributed by atoms with Crippen molar-refractivity contribution in [3.05, 3.63) is 89.9 Å². The summed E-state index contributed by atoms with van der Waals surface area (Å²) >= 11 is 1.65. The van der Waals surface area contributed by atoms with Crippen LogP contribution < -0.4 is 10.2 Å². The number of anilines is 3. The molecule has 0 radical (unpaired) electrons. The van der Waals surface area contributed by atoms with E-state index in [1.54, 1.807) is 11.3 Å².